The summed E-state index contributed by atoms with van der Waals surface area (Å²) in [5, 5.41) is 3.15. The number of carbonyl (C=O) groups excluding carboxylic acids is 1. The number of ketones is 1. The van der Waals surface area contributed by atoms with Gasteiger partial charge < -0.3 is 10.1 Å². The highest BCUT2D eigenvalue weighted by Gasteiger charge is 2.10. The lowest BCUT2D eigenvalue weighted by Gasteiger charge is -2.09. The fourth-order valence-corrected chi connectivity index (χ4v) is 1.58. The van der Waals surface area contributed by atoms with Crippen molar-refractivity contribution in [3.05, 3.63) is 29.8 Å². The van der Waals surface area contributed by atoms with Gasteiger partial charge in [-0.3, -0.25) is 4.79 Å². The van der Waals surface area contributed by atoms with Crippen molar-refractivity contribution >= 4 is 5.78 Å². The van der Waals surface area contributed by atoms with Crippen LogP contribution in [0.2, 0.25) is 0 Å². The highest BCUT2D eigenvalue weighted by Crippen LogP contribution is 2.18. The first-order valence-corrected chi connectivity index (χ1v) is 6.25. The molecule has 1 aromatic carbocycles. The lowest BCUT2D eigenvalue weighted by Crippen LogP contribution is -2.24. The first-order chi connectivity index (χ1) is 8.29. The van der Waals surface area contributed by atoms with Crippen molar-refractivity contribution in [3.63, 3.8) is 0 Å². The van der Waals surface area contributed by atoms with Gasteiger partial charge in [-0.2, -0.15) is 0 Å². The van der Waals surface area contributed by atoms with E-state index in [1.54, 1.807) is 0 Å². The Kier molecular flexibility index (Phi) is 6.33. The van der Waals surface area contributed by atoms with E-state index >= 15 is 0 Å². The fourth-order valence-electron chi connectivity index (χ4n) is 1.58. The molecular formula is C14H21NO2. The summed E-state index contributed by atoms with van der Waals surface area (Å²) in [4.78, 5) is 12.0. The van der Waals surface area contributed by atoms with Crippen molar-refractivity contribution in [2.45, 2.75) is 26.7 Å². The van der Waals surface area contributed by atoms with Crippen molar-refractivity contribution in [2.75, 3.05) is 19.7 Å². The van der Waals surface area contributed by atoms with Crippen molar-refractivity contribution in [1.29, 1.82) is 0 Å². The van der Waals surface area contributed by atoms with Crippen molar-refractivity contribution in [3.8, 4) is 5.75 Å². The predicted molar refractivity (Wildman–Crippen MR) is 69.7 cm³/mol. The van der Waals surface area contributed by atoms with Gasteiger partial charge in [-0.1, -0.05) is 25.5 Å². The Labute approximate surface area is 103 Å². The van der Waals surface area contributed by atoms with Gasteiger partial charge in [-0.15, -0.1) is 0 Å². The van der Waals surface area contributed by atoms with E-state index in [1.807, 2.05) is 31.2 Å². The zero-order valence-electron chi connectivity index (χ0n) is 10.7. The Morgan fingerprint density at radius 2 is 2.06 bits per heavy atom. The normalized spacial score (nSPS) is 10.2. The monoisotopic (exact) mass is 235 g/mol. The van der Waals surface area contributed by atoms with Gasteiger partial charge in [0.15, 0.2) is 5.78 Å². The number of Topliss-reactive ketones (excluding diaryl/α,β-unsaturated/α-hetero) is 1. The number of nitrogens with one attached hydrogen (secondary N) is 1. The van der Waals surface area contributed by atoms with Crippen LogP contribution in [0.4, 0.5) is 0 Å². The minimum atomic E-state index is 0.0881. The standard InChI is InChI=1S/C14H21NO2/c1-3-5-10-15-11-13(16)12-8-6-7-9-14(12)17-4-2/h6-9,15H,3-5,10-11H2,1-2H3. The lowest BCUT2D eigenvalue weighted by molar-refractivity contribution is 0.0987. The number of rotatable bonds is 8. The van der Waals surface area contributed by atoms with Gasteiger partial charge >= 0.3 is 0 Å². The SMILES string of the molecule is CCCCNCC(=O)c1ccccc1OCC. The molecule has 1 rings (SSSR count). The Bertz CT molecular complexity index is 350. The number of benzene rings is 1. The fraction of sp³-hybridized carbons (Fsp3) is 0.500. The molecule has 0 radical (unpaired) electrons. The minimum Gasteiger partial charge on any atom is -0.493 e. The van der Waals surface area contributed by atoms with Crippen molar-refractivity contribution < 1.29 is 9.53 Å². The third kappa shape index (κ3) is 4.57. The van der Waals surface area contributed by atoms with Gasteiger partial charge in [-0.05, 0) is 32.0 Å². The smallest absolute Gasteiger partial charge is 0.180 e. The van der Waals surface area contributed by atoms with Crippen LogP contribution in [0.5, 0.6) is 5.75 Å². The average molecular weight is 235 g/mol. The second-order valence-electron chi connectivity index (χ2n) is 3.88. The zero-order chi connectivity index (χ0) is 12.5. The van der Waals surface area contributed by atoms with E-state index in [2.05, 4.69) is 12.2 Å². The molecule has 0 unspecified atom stereocenters. The van der Waals surface area contributed by atoms with E-state index in [0.29, 0.717) is 24.5 Å². The Balaban J connectivity index is 2.55. The van der Waals surface area contributed by atoms with Crippen LogP contribution < -0.4 is 10.1 Å². The molecule has 94 valence electrons. The molecule has 0 aliphatic heterocycles. The summed E-state index contributed by atoms with van der Waals surface area (Å²) in [6.07, 6.45) is 2.23. The van der Waals surface area contributed by atoms with Crippen molar-refractivity contribution in [2.24, 2.45) is 0 Å². The maximum atomic E-state index is 12.0. The van der Waals surface area contributed by atoms with E-state index in [9.17, 15) is 4.79 Å². The molecule has 0 aromatic heterocycles. The van der Waals surface area contributed by atoms with Crippen LogP contribution in [0.25, 0.3) is 0 Å². The number of ether oxygens (including phenoxy) is 1. The Morgan fingerprint density at radius 1 is 1.29 bits per heavy atom. The summed E-state index contributed by atoms with van der Waals surface area (Å²) in [7, 11) is 0. The van der Waals surface area contributed by atoms with Gasteiger partial charge in [-0.25, -0.2) is 0 Å². The molecule has 3 heteroatoms. The van der Waals surface area contributed by atoms with Crippen LogP contribution in [-0.4, -0.2) is 25.5 Å². The molecule has 0 atom stereocenters. The lowest BCUT2D eigenvalue weighted by atomic mass is 10.1. The second kappa shape index (κ2) is 7.85. The van der Waals surface area contributed by atoms with Crippen molar-refractivity contribution in [1.82, 2.24) is 5.32 Å². The molecule has 0 saturated heterocycles. The van der Waals surface area contributed by atoms with E-state index in [0.717, 1.165) is 19.4 Å². The topological polar surface area (TPSA) is 38.3 Å². The quantitative estimate of drug-likeness (QED) is 0.556. The summed E-state index contributed by atoms with van der Waals surface area (Å²) in [5.41, 5.74) is 0.665. The average Bonchev–Trinajstić information content (AvgIpc) is 2.35. The van der Waals surface area contributed by atoms with Crippen LogP contribution in [0.1, 0.15) is 37.0 Å². The largest absolute Gasteiger partial charge is 0.493 e. The molecule has 17 heavy (non-hydrogen) atoms. The number of unbranched alkanes of at least 4 members (excludes halogenated alkanes) is 1. The number of carbonyl (C=O) groups is 1. The summed E-state index contributed by atoms with van der Waals surface area (Å²) in [6, 6.07) is 7.39. The van der Waals surface area contributed by atoms with Gasteiger partial charge in [0.25, 0.3) is 0 Å². The molecule has 0 aliphatic carbocycles. The highest BCUT2D eigenvalue weighted by molar-refractivity contribution is 6.00. The molecule has 3 nitrogen and oxygen atoms in total. The van der Waals surface area contributed by atoms with E-state index in [4.69, 9.17) is 4.74 Å². The Morgan fingerprint density at radius 3 is 2.76 bits per heavy atom. The Hall–Kier alpha value is -1.35. The minimum absolute atomic E-state index is 0.0881. The van der Waals surface area contributed by atoms with Crippen LogP contribution >= 0.6 is 0 Å². The predicted octanol–water partition coefficient (Wildman–Crippen LogP) is 2.66. The molecule has 1 aromatic rings. The molecule has 0 heterocycles. The van der Waals surface area contributed by atoms with E-state index < -0.39 is 0 Å². The molecule has 0 saturated carbocycles. The number of hydrogen-bond donors (Lipinski definition) is 1. The van der Waals surface area contributed by atoms with E-state index in [1.165, 1.54) is 0 Å². The molecule has 0 spiro atoms. The number of para-hydroxylation sites is 1. The van der Waals surface area contributed by atoms with Crippen LogP contribution in [0, 0.1) is 0 Å². The first-order valence-electron chi connectivity index (χ1n) is 6.25. The molecular weight excluding hydrogens is 214 g/mol. The van der Waals surface area contributed by atoms with Crippen LogP contribution in [-0.2, 0) is 0 Å². The summed E-state index contributed by atoms with van der Waals surface area (Å²) in [5.74, 6) is 0.766. The molecule has 0 bridgehead atoms. The van der Waals surface area contributed by atoms with E-state index in [-0.39, 0.29) is 5.78 Å². The van der Waals surface area contributed by atoms with Gasteiger partial charge in [0.2, 0.25) is 0 Å². The zero-order valence-corrected chi connectivity index (χ0v) is 10.7. The molecule has 0 aliphatic rings. The van der Waals surface area contributed by atoms with Gasteiger partial charge in [0.05, 0.1) is 18.7 Å². The molecule has 0 fully saturated rings. The maximum absolute atomic E-state index is 12.0. The first kappa shape index (κ1) is 13.7. The van der Waals surface area contributed by atoms with Gasteiger partial charge in [0.1, 0.15) is 5.75 Å². The molecule has 0 amide bonds. The third-order valence-corrected chi connectivity index (χ3v) is 2.48. The second-order valence-corrected chi connectivity index (χ2v) is 3.88. The van der Waals surface area contributed by atoms with Crippen LogP contribution in [0.15, 0.2) is 24.3 Å². The van der Waals surface area contributed by atoms with Crippen LogP contribution in [0.3, 0.4) is 0 Å². The molecule has 1 N–H and O–H groups in total. The summed E-state index contributed by atoms with van der Waals surface area (Å²) in [6.45, 7) is 5.89. The number of hydrogen-bond acceptors (Lipinski definition) is 3. The third-order valence-electron chi connectivity index (χ3n) is 2.48. The summed E-state index contributed by atoms with van der Waals surface area (Å²) >= 11 is 0. The van der Waals surface area contributed by atoms with Gasteiger partial charge in [0, 0.05) is 0 Å². The maximum Gasteiger partial charge on any atom is 0.180 e. The summed E-state index contributed by atoms with van der Waals surface area (Å²) < 4.78 is 5.44. The highest BCUT2D eigenvalue weighted by atomic mass is 16.5.